The van der Waals surface area contributed by atoms with Gasteiger partial charge in [-0.2, -0.15) is 15.1 Å². The molecular formula is C14H23N7. The van der Waals surface area contributed by atoms with Gasteiger partial charge in [-0.25, -0.2) is 5.84 Å². The van der Waals surface area contributed by atoms with Gasteiger partial charge in [0.1, 0.15) is 5.82 Å². The van der Waals surface area contributed by atoms with Crippen LogP contribution in [0.25, 0.3) is 11.0 Å². The first-order chi connectivity index (χ1) is 10.3. The molecule has 1 fully saturated rings. The molecule has 2 heterocycles. The van der Waals surface area contributed by atoms with Gasteiger partial charge in [-0.3, -0.25) is 10.5 Å². The zero-order chi connectivity index (χ0) is 14.7. The number of nitrogens with zero attached hydrogens (tertiary/aromatic N) is 3. The van der Waals surface area contributed by atoms with E-state index in [1.54, 1.807) is 6.20 Å². The minimum Gasteiger partial charge on any atom is -0.369 e. The number of anilines is 2. The van der Waals surface area contributed by atoms with E-state index in [-0.39, 0.29) is 0 Å². The van der Waals surface area contributed by atoms with Crippen LogP contribution in [0.2, 0.25) is 0 Å². The van der Waals surface area contributed by atoms with Crippen molar-refractivity contribution in [2.75, 3.05) is 17.3 Å². The average Bonchev–Trinajstić information content (AvgIpc) is 2.97. The molecule has 0 unspecified atom stereocenters. The van der Waals surface area contributed by atoms with Crippen molar-refractivity contribution in [3.8, 4) is 0 Å². The highest BCUT2D eigenvalue weighted by atomic mass is 15.3. The average molecular weight is 289 g/mol. The first kappa shape index (κ1) is 14.1. The molecule has 7 heteroatoms. The van der Waals surface area contributed by atoms with Gasteiger partial charge < -0.3 is 5.32 Å². The number of hydrazine groups is 1. The molecule has 0 atom stereocenters. The fourth-order valence-electron chi connectivity index (χ4n) is 3.05. The van der Waals surface area contributed by atoms with Crippen LogP contribution >= 0.6 is 0 Å². The number of nitrogens with one attached hydrogen (secondary N) is 3. The van der Waals surface area contributed by atoms with Gasteiger partial charge in [-0.1, -0.05) is 32.6 Å². The number of nitrogens with two attached hydrogens (primary N) is 1. The summed E-state index contributed by atoms with van der Waals surface area (Å²) in [6, 6.07) is 0. The van der Waals surface area contributed by atoms with Gasteiger partial charge in [0.05, 0.1) is 11.6 Å². The molecule has 0 aromatic carbocycles. The normalized spacial score (nSPS) is 22.4. The van der Waals surface area contributed by atoms with Crippen LogP contribution in [-0.2, 0) is 0 Å². The fourth-order valence-corrected chi connectivity index (χ4v) is 3.05. The maximum Gasteiger partial charge on any atom is 0.241 e. The Morgan fingerprint density at radius 2 is 2.10 bits per heavy atom. The second-order valence-electron chi connectivity index (χ2n) is 6.01. The monoisotopic (exact) mass is 289 g/mol. The smallest absolute Gasteiger partial charge is 0.241 e. The lowest BCUT2D eigenvalue weighted by Crippen LogP contribution is -2.17. The number of hydrogen-bond donors (Lipinski definition) is 4. The first-order valence-corrected chi connectivity index (χ1v) is 7.68. The van der Waals surface area contributed by atoms with Crippen LogP contribution in [0.4, 0.5) is 11.8 Å². The predicted molar refractivity (Wildman–Crippen MR) is 83.7 cm³/mol. The highest BCUT2D eigenvalue weighted by Gasteiger charge is 2.18. The molecule has 2 aromatic rings. The summed E-state index contributed by atoms with van der Waals surface area (Å²) in [6.07, 6.45) is 8.35. The van der Waals surface area contributed by atoms with Gasteiger partial charge in [0.15, 0.2) is 5.65 Å². The molecule has 7 nitrogen and oxygen atoms in total. The third-order valence-electron chi connectivity index (χ3n) is 4.42. The third-order valence-corrected chi connectivity index (χ3v) is 4.42. The molecule has 0 bridgehead atoms. The Balaban J connectivity index is 1.61. The first-order valence-electron chi connectivity index (χ1n) is 7.68. The van der Waals surface area contributed by atoms with Crippen molar-refractivity contribution in [2.24, 2.45) is 17.7 Å². The molecule has 5 N–H and O–H groups in total. The van der Waals surface area contributed by atoms with Crippen molar-refractivity contribution in [2.45, 2.75) is 39.0 Å². The Morgan fingerprint density at radius 1 is 1.29 bits per heavy atom. The number of H-pyrrole nitrogens is 1. The van der Waals surface area contributed by atoms with Crippen molar-refractivity contribution in [1.82, 2.24) is 20.2 Å². The molecule has 114 valence electrons. The largest absolute Gasteiger partial charge is 0.369 e. The molecular weight excluding hydrogens is 266 g/mol. The summed E-state index contributed by atoms with van der Waals surface area (Å²) in [5.74, 6) is 8.31. The van der Waals surface area contributed by atoms with E-state index >= 15 is 0 Å². The molecule has 1 saturated carbocycles. The van der Waals surface area contributed by atoms with Crippen LogP contribution in [0.15, 0.2) is 6.20 Å². The van der Waals surface area contributed by atoms with Crippen LogP contribution in [0.5, 0.6) is 0 Å². The van der Waals surface area contributed by atoms with Crippen LogP contribution in [0.1, 0.15) is 39.0 Å². The zero-order valence-corrected chi connectivity index (χ0v) is 12.4. The van der Waals surface area contributed by atoms with E-state index in [9.17, 15) is 0 Å². The van der Waals surface area contributed by atoms with Crippen molar-refractivity contribution in [1.29, 1.82) is 0 Å². The van der Waals surface area contributed by atoms with Crippen molar-refractivity contribution in [3.63, 3.8) is 0 Å². The second kappa shape index (κ2) is 6.26. The van der Waals surface area contributed by atoms with E-state index < -0.39 is 0 Å². The van der Waals surface area contributed by atoms with E-state index in [2.05, 4.69) is 37.8 Å². The molecule has 1 aliphatic rings. The van der Waals surface area contributed by atoms with Gasteiger partial charge >= 0.3 is 0 Å². The molecule has 1 aliphatic carbocycles. The van der Waals surface area contributed by atoms with E-state index in [1.807, 2.05) is 0 Å². The summed E-state index contributed by atoms with van der Waals surface area (Å²) in [4.78, 5) is 8.58. The van der Waals surface area contributed by atoms with Gasteiger partial charge in [0.25, 0.3) is 0 Å². The summed E-state index contributed by atoms with van der Waals surface area (Å²) >= 11 is 0. The highest BCUT2D eigenvalue weighted by Crippen LogP contribution is 2.30. The van der Waals surface area contributed by atoms with Crippen LogP contribution < -0.4 is 16.6 Å². The Kier molecular flexibility index (Phi) is 4.19. The van der Waals surface area contributed by atoms with Gasteiger partial charge in [-0.05, 0) is 18.3 Å². The minimum atomic E-state index is 0.390. The van der Waals surface area contributed by atoms with Gasteiger partial charge in [-0.15, -0.1) is 0 Å². The molecule has 0 spiro atoms. The zero-order valence-electron chi connectivity index (χ0n) is 12.4. The summed E-state index contributed by atoms with van der Waals surface area (Å²) in [5, 5.41) is 11.1. The lowest BCUT2D eigenvalue weighted by atomic mass is 9.81. The number of rotatable bonds is 5. The molecule has 0 radical (unpaired) electrons. The summed E-state index contributed by atoms with van der Waals surface area (Å²) in [5.41, 5.74) is 3.17. The van der Waals surface area contributed by atoms with Crippen LogP contribution in [0, 0.1) is 11.8 Å². The van der Waals surface area contributed by atoms with Crippen molar-refractivity contribution < 1.29 is 0 Å². The Labute approximate surface area is 124 Å². The number of fused-ring (bicyclic) bond motifs is 1. The lowest BCUT2D eigenvalue weighted by molar-refractivity contribution is 0.282. The van der Waals surface area contributed by atoms with Crippen molar-refractivity contribution >= 4 is 22.8 Å². The van der Waals surface area contributed by atoms with Gasteiger partial charge in [0.2, 0.25) is 5.95 Å². The quantitative estimate of drug-likeness (QED) is 0.497. The maximum absolute atomic E-state index is 5.40. The number of aromatic amines is 1. The SMILES string of the molecule is CC1CCC(CCNc2nc(NN)nc3[nH]ncc23)CC1. The van der Waals surface area contributed by atoms with E-state index in [1.165, 1.54) is 32.1 Å². The standard InChI is InChI=1S/C14H23N7/c1-9-2-4-10(5-3-9)6-7-16-12-11-8-17-21-13(11)19-14(18-12)20-15/h8-10H,2-7,15H2,1H3,(H3,16,17,18,19,20,21). The minimum absolute atomic E-state index is 0.390. The number of nitrogen functional groups attached to an aromatic ring is 1. The van der Waals surface area contributed by atoms with Crippen molar-refractivity contribution in [3.05, 3.63) is 6.20 Å². The third kappa shape index (κ3) is 3.24. The summed E-state index contributed by atoms with van der Waals surface area (Å²) < 4.78 is 0. The fraction of sp³-hybridized carbons (Fsp3) is 0.643. The molecule has 2 aromatic heterocycles. The Bertz CT molecular complexity index is 586. The van der Waals surface area contributed by atoms with E-state index in [0.29, 0.717) is 11.6 Å². The van der Waals surface area contributed by atoms with Crippen LogP contribution in [-0.4, -0.2) is 26.7 Å². The van der Waals surface area contributed by atoms with Gasteiger partial charge in [0, 0.05) is 6.54 Å². The molecule has 0 aliphatic heterocycles. The van der Waals surface area contributed by atoms with E-state index in [4.69, 9.17) is 5.84 Å². The number of aromatic nitrogens is 4. The topological polar surface area (TPSA) is 105 Å². The molecule has 0 amide bonds. The van der Waals surface area contributed by atoms with E-state index in [0.717, 1.165) is 29.6 Å². The summed E-state index contributed by atoms with van der Waals surface area (Å²) in [6.45, 7) is 3.27. The second-order valence-corrected chi connectivity index (χ2v) is 6.01. The van der Waals surface area contributed by atoms with Crippen LogP contribution in [0.3, 0.4) is 0 Å². The lowest BCUT2D eigenvalue weighted by Gasteiger charge is -2.26. The Morgan fingerprint density at radius 3 is 2.86 bits per heavy atom. The highest BCUT2D eigenvalue weighted by molar-refractivity contribution is 5.86. The number of hydrogen-bond acceptors (Lipinski definition) is 6. The molecule has 3 rings (SSSR count). The maximum atomic E-state index is 5.40. The molecule has 21 heavy (non-hydrogen) atoms. The Hall–Kier alpha value is -1.89. The summed E-state index contributed by atoms with van der Waals surface area (Å²) in [7, 11) is 0. The predicted octanol–water partition coefficient (Wildman–Crippen LogP) is 2.27. The molecule has 0 saturated heterocycles.